The van der Waals surface area contributed by atoms with Gasteiger partial charge in [-0.2, -0.15) is 0 Å². The molecule has 188 valence electrons. The van der Waals surface area contributed by atoms with Gasteiger partial charge in [-0.3, -0.25) is 19.9 Å². The van der Waals surface area contributed by atoms with Crippen molar-refractivity contribution >= 4 is 32.6 Å². The number of fused-ring (bicyclic) bond motifs is 1. The molecule has 8 nitrogen and oxygen atoms in total. The maximum absolute atomic E-state index is 12.8. The van der Waals surface area contributed by atoms with Crippen molar-refractivity contribution in [2.24, 2.45) is 4.99 Å². The number of hydrogen-bond acceptors (Lipinski definition) is 8. The zero-order valence-electron chi connectivity index (χ0n) is 21.1. The Morgan fingerprint density at radius 3 is 2.58 bits per heavy atom. The molecule has 4 heterocycles. The summed E-state index contributed by atoms with van der Waals surface area (Å²) in [6.45, 7) is 6.56. The third-order valence-corrected chi connectivity index (χ3v) is 7.81. The van der Waals surface area contributed by atoms with Gasteiger partial charge in [0.1, 0.15) is 5.69 Å². The number of aryl methyl sites for hydroxylation is 2. The standard InChI is InChI=1S/C27H31N5O3S/c1-16-11-23-27(29-16)24(14-20(31-23)13-21-15-28-17(2)18(3)30-21)32-22-9-8-19(12-26(22)36(4,33)34)25-7-5-6-10-35-25/h8-9,12,14-15,25H,5-7,10-11,13H2,1-4H3,(H,31,32). The number of aliphatic imine (C=N–C) groups is 1. The minimum atomic E-state index is -3.49. The minimum absolute atomic E-state index is 0.0728. The second kappa shape index (κ2) is 9.71. The molecule has 1 aromatic carbocycles. The highest BCUT2D eigenvalue weighted by Crippen LogP contribution is 2.39. The molecule has 1 atom stereocenters. The highest BCUT2D eigenvalue weighted by Gasteiger charge is 2.23. The Morgan fingerprint density at radius 1 is 1.03 bits per heavy atom. The molecule has 2 aliphatic heterocycles. The largest absolute Gasteiger partial charge is 0.374 e. The molecular weight excluding hydrogens is 474 g/mol. The fourth-order valence-electron chi connectivity index (χ4n) is 4.71. The summed E-state index contributed by atoms with van der Waals surface area (Å²) in [4.78, 5) is 18.9. The summed E-state index contributed by atoms with van der Waals surface area (Å²) >= 11 is 0. The van der Waals surface area contributed by atoms with E-state index in [2.05, 4.69) is 15.3 Å². The number of hydrogen-bond donors (Lipinski definition) is 1. The van der Waals surface area contributed by atoms with Crippen molar-refractivity contribution in [3.8, 4) is 0 Å². The molecule has 1 saturated heterocycles. The van der Waals surface area contributed by atoms with Crippen LogP contribution in [0.3, 0.4) is 0 Å². The first-order valence-electron chi connectivity index (χ1n) is 12.3. The van der Waals surface area contributed by atoms with E-state index in [1.807, 2.05) is 39.0 Å². The Hall–Kier alpha value is -3.17. The van der Waals surface area contributed by atoms with Crippen LogP contribution in [-0.4, -0.2) is 41.9 Å². The minimum Gasteiger partial charge on any atom is -0.374 e. The van der Waals surface area contributed by atoms with Gasteiger partial charge in [0.2, 0.25) is 0 Å². The fourth-order valence-corrected chi connectivity index (χ4v) is 5.58. The Labute approximate surface area is 212 Å². The molecule has 0 spiro atoms. The van der Waals surface area contributed by atoms with Crippen LogP contribution in [0.1, 0.15) is 66.3 Å². The average Bonchev–Trinajstić information content (AvgIpc) is 3.22. The summed E-state index contributed by atoms with van der Waals surface area (Å²) in [7, 11) is -3.49. The van der Waals surface area contributed by atoms with E-state index >= 15 is 0 Å². The molecule has 2 aliphatic rings. The quantitative estimate of drug-likeness (QED) is 0.496. The molecule has 36 heavy (non-hydrogen) atoms. The van der Waals surface area contributed by atoms with Crippen molar-refractivity contribution in [2.45, 2.75) is 63.9 Å². The first-order chi connectivity index (χ1) is 17.2. The van der Waals surface area contributed by atoms with Crippen molar-refractivity contribution < 1.29 is 13.2 Å². The van der Waals surface area contributed by atoms with E-state index in [0.29, 0.717) is 25.1 Å². The summed E-state index contributed by atoms with van der Waals surface area (Å²) in [5.74, 6) is 0. The van der Waals surface area contributed by atoms with E-state index in [1.54, 1.807) is 12.3 Å². The maximum Gasteiger partial charge on any atom is 0.177 e. The number of sulfone groups is 1. The van der Waals surface area contributed by atoms with Gasteiger partial charge in [0.05, 0.1) is 45.1 Å². The Balaban J connectivity index is 1.52. The zero-order chi connectivity index (χ0) is 25.4. The molecule has 0 amide bonds. The number of nitrogens with zero attached hydrogens (tertiary/aromatic N) is 4. The number of pyridine rings is 1. The normalized spacial score (nSPS) is 17.6. The Bertz CT molecular complexity index is 1460. The van der Waals surface area contributed by atoms with Crippen LogP contribution in [-0.2, 0) is 27.4 Å². The van der Waals surface area contributed by atoms with E-state index in [-0.39, 0.29) is 11.0 Å². The van der Waals surface area contributed by atoms with Gasteiger partial charge in [0.15, 0.2) is 9.84 Å². The topological polar surface area (TPSA) is 106 Å². The smallest absolute Gasteiger partial charge is 0.177 e. The van der Waals surface area contributed by atoms with Gasteiger partial charge < -0.3 is 10.1 Å². The lowest BCUT2D eigenvalue weighted by atomic mass is 10.0. The third-order valence-electron chi connectivity index (χ3n) is 6.67. The number of ether oxygens (including phenoxy) is 1. The first kappa shape index (κ1) is 24.5. The number of rotatable bonds is 6. The number of anilines is 2. The van der Waals surface area contributed by atoms with Gasteiger partial charge in [-0.25, -0.2) is 8.42 Å². The van der Waals surface area contributed by atoms with E-state index in [9.17, 15) is 8.42 Å². The lowest BCUT2D eigenvalue weighted by Gasteiger charge is -2.24. The molecule has 2 aromatic heterocycles. The highest BCUT2D eigenvalue weighted by molar-refractivity contribution is 7.90. The van der Waals surface area contributed by atoms with E-state index in [1.165, 1.54) is 6.26 Å². The lowest BCUT2D eigenvalue weighted by Crippen LogP contribution is -2.13. The molecule has 1 N–H and O–H groups in total. The van der Waals surface area contributed by atoms with Gasteiger partial charge in [-0.1, -0.05) is 6.07 Å². The third kappa shape index (κ3) is 5.17. The van der Waals surface area contributed by atoms with Crippen LogP contribution < -0.4 is 5.32 Å². The molecule has 9 heteroatoms. The summed E-state index contributed by atoms with van der Waals surface area (Å²) in [5, 5.41) is 3.37. The summed E-state index contributed by atoms with van der Waals surface area (Å²) in [6.07, 6.45) is 7.13. The van der Waals surface area contributed by atoms with E-state index in [4.69, 9.17) is 14.7 Å². The van der Waals surface area contributed by atoms with Gasteiger partial charge in [-0.15, -0.1) is 0 Å². The summed E-state index contributed by atoms with van der Waals surface area (Å²) in [6, 6.07) is 7.46. The average molecular weight is 506 g/mol. The van der Waals surface area contributed by atoms with Crippen LogP contribution in [0.15, 0.2) is 40.4 Å². The van der Waals surface area contributed by atoms with Crippen molar-refractivity contribution in [1.29, 1.82) is 0 Å². The first-order valence-corrected chi connectivity index (χ1v) is 14.2. The van der Waals surface area contributed by atoms with Gasteiger partial charge in [0, 0.05) is 43.3 Å². The molecule has 5 rings (SSSR count). The second-order valence-electron chi connectivity index (χ2n) is 9.70. The van der Waals surface area contributed by atoms with Crippen LogP contribution in [0.2, 0.25) is 0 Å². The molecule has 1 unspecified atom stereocenters. The van der Waals surface area contributed by atoms with E-state index in [0.717, 1.165) is 70.4 Å². The fraction of sp³-hybridized carbons (Fsp3) is 0.407. The van der Waals surface area contributed by atoms with Crippen molar-refractivity contribution in [3.63, 3.8) is 0 Å². The highest BCUT2D eigenvalue weighted by atomic mass is 32.2. The number of nitrogens with one attached hydrogen (secondary N) is 1. The molecular formula is C27H31N5O3S. The number of benzene rings is 1. The Morgan fingerprint density at radius 2 is 1.86 bits per heavy atom. The summed E-state index contributed by atoms with van der Waals surface area (Å²) in [5.41, 5.74) is 8.19. The van der Waals surface area contributed by atoms with Crippen LogP contribution in [0.25, 0.3) is 0 Å². The molecule has 3 aromatic rings. The molecule has 0 aliphatic carbocycles. The lowest BCUT2D eigenvalue weighted by molar-refractivity contribution is 0.0148. The second-order valence-corrected chi connectivity index (χ2v) is 11.7. The van der Waals surface area contributed by atoms with Gasteiger partial charge in [-0.05, 0) is 63.8 Å². The van der Waals surface area contributed by atoms with Crippen molar-refractivity contribution in [2.75, 3.05) is 18.2 Å². The van der Waals surface area contributed by atoms with Crippen molar-refractivity contribution in [1.82, 2.24) is 15.0 Å². The van der Waals surface area contributed by atoms with Gasteiger partial charge in [0.25, 0.3) is 0 Å². The number of aromatic nitrogens is 3. The predicted molar refractivity (Wildman–Crippen MR) is 140 cm³/mol. The van der Waals surface area contributed by atoms with Crippen molar-refractivity contribution in [3.05, 3.63) is 64.5 Å². The monoisotopic (exact) mass is 505 g/mol. The Kier molecular flexibility index (Phi) is 6.61. The molecule has 0 bridgehead atoms. The SMILES string of the molecule is CC1=Nc2c(Nc3ccc(C4CCCCO4)cc3S(C)(=O)=O)cc(Cc3cnc(C)c(C)n3)nc2C1. The summed E-state index contributed by atoms with van der Waals surface area (Å²) < 4.78 is 31.5. The van der Waals surface area contributed by atoms with Gasteiger partial charge >= 0.3 is 0 Å². The molecule has 0 saturated carbocycles. The molecule has 1 fully saturated rings. The van der Waals surface area contributed by atoms with E-state index < -0.39 is 9.84 Å². The van der Waals surface area contributed by atoms with Crippen LogP contribution in [0, 0.1) is 13.8 Å². The molecule has 0 radical (unpaired) electrons. The maximum atomic E-state index is 12.8. The van der Waals surface area contributed by atoms with Crippen LogP contribution >= 0.6 is 0 Å². The predicted octanol–water partition coefficient (Wildman–Crippen LogP) is 5.12. The zero-order valence-corrected chi connectivity index (χ0v) is 21.9. The van der Waals surface area contributed by atoms with Crippen LogP contribution in [0.4, 0.5) is 17.1 Å². The van der Waals surface area contributed by atoms with Crippen LogP contribution in [0.5, 0.6) is 0 Å².